The summed E-state index contributed by atoms with van der Waals surface area (Å²) in [6, 6.07) is 7.15. The molecule has 3 aromatic rings. The molecule has 8 heteroatoms. The maximum absolute atomic E-state index is 13.7. The summed E-state index contributed by atoms with van der Waals surface area (Å²) in [5.74, 6) is -6.56. The zero-order valence-corrected chi connectivity index (χ0v) is 13.6. The highest BCUT2D eigenvalue weighted by Crippen LogP contribution is 2.20. The van der Waals surface area contributed by atoms with Gasteiger partial charge in [-0.05, 0) is 19.1 Å². The number of halogens is 4. The number of nitrogens with one attached hydrogen (secondary N) is 1. The van der Waals surface area contributed by atoms with Crippen LogP contribution in [0.3, 0.4) is 0 Å². The Morgan fingerprint density at radius 2 is 1.77 bits per heavy atom. The van der Waals surface area contributed by atoms with Crippen LogP contribution in [0.5, 0.6) is 0 Å². The van der Waals surface area contributed by atoms with Crippen LogP contribution >= 0.6 is 0 Å². The first-order chi connectivity index (χ1) is 12.3. The Labute approximate surface area is 146 Å². The Kier molecular flexibility index (Phi) is 4.75. The van der Waals surface area contributed by atoms with Gasteiger partial charge in [-0.3, -0.25) is 9.48 Å². The number of aryl methyl sites for hydroxylation is 1. The Hall–Kier alpha value is -3.16. The maximum Gasteiger partial charge on any atom is 0.255 e. The number of carbonyl (C=O) groups is 1. The normalized spacial score (nSPS) is 10.8. The number of anilines is 1. The first-order valence-corrected chi connectivity index (χ1v) is 7.57. The Morgan fingerprint density at radius 3 is 2.46 bits per heavy atom. The summed E-state index contributed by atoms with van der Waals surface area (Å²) in [5.41, 5.74) is 1.06. The second-order valence-corrected chi connectivity index (χ2v) is 5.69. The van der Waals surface area contributed by atoms with E-state index in [-0.39, 0.29) is 12.0 Å². The standard InChI is InChI=1S/C18H13F4N3O/c1-10-2-4-11(5-3-10)18(26)24-12-7-23-25(8-12)9-13-14(19)6-15(20)17(22)16(13)21/h2-8H,9H2,1H3,(H,24,26). The molecule has 1 aromatic heterocycles. The van der Waals surface area contributed by atoms with Crippen molar-refractivity contribution < 1.29 is 22.4 Å². The van der Waals surface area contributed by atoms with Crippen LogP contribution in [0.4, 0.5) is 23.2 Å². The molecule has 0 aliphatic carbocycles. The Morgan fingerprint density at radius 1 is 1.08 bits per heavy atom. The van der Waals surface area contributed by atoms with Crippen molar-refractivity contribution in [1.29, 1.82) is 0 Å². The third kappa shape index (κ3) is 3.58. The SMILES string of the molecule is Cc1ccc(C(=O)Nc2cnn(Cc3c(F)cc(F)c(F)c3F)c2)cc1. The number of benzene rings is 2. The quantitative estimate of drug-likeness (QED) is 0.432. The fourth-order valence-electron chi connectivity index (χ4n) is 2.33. The van der Waals surface area contributed by atoms with Gasteiger partial charge in [0, 0.05) is 23.4 Å². The van der Waals surface area contributed by atoms with Crippen molar-refractivity contribution in [3.63, 3.8) is 0 Å². The minimum atomic E-state index is -1.75. The van der Waals surface area contributed by atoms with Crippen molar-refractivity contribution in [2.75, 3.05) is 5.32 Å². The number of amides is 1. The number of hydrogen-bond acceptors (Lipinski definition) is 2. The van der Waals surface area contributed by atoms with Gasteiger partial charge in [-0.2, -0.15) is 5.10 Å². The van der Waals surface area contributed by atoms with E-state index in [1.165, 1.54) is 12.4 Å². The fraction of sp³-hybridized carbons (Fsp3) is 0.111. The van der Waals surface area contributed by atoms with Crippen LogP contribution < -0.4 is 5.32 Å². The summed E-state index contributed by atoms with van der Waals surface area (Å²) in [7, 11) is 0. The lowest BCUT2D eigenvalue weighted by Gasteiger charge is -2.07. The molecule has 0 radical (unpaired) electrons. The molecule has 1 amide bonds. The van der Waals surface area contributed by atoms with Crippen LogP contribution in [0.25, 0.3) is 0 Å². The van der Waals surface area contributed by atoms with E-state index >= 15 is 0 Å². The average Bonchev–Trinajstić information content (AvgIpc) is 3.04. The molecule has 0 spiro atoms. The van der Waals surface area contributed by atoms with Crippen LogP contribution in [-0.2, 0) is 6.54 Å². The monoisotopic (exact) mass is 363 g/mol. The van der Waals surface area contributed by atoms with E-state index < -0.39 is 35.4 Å². The van der Waals surface area contributed by atoms with Crippen LogP contribution in [0.1, 0.15) is 21.5 Å². The van der Waals surface area contributed by atoms with Crippen LogP contribution in [0.2, 0.25) is 0 Å². The molecule has 0 saturated carbocycles. The molecule has 1 heterocycles. The van der Waals surface area contributed by atoms with Gasteiger partial charge in [0.1, 0.15) is 5.82 Å². The minimum Gasteiger partial charge on any atom is -0.319 e. The number of hydrogen-bond donors (Lipinski definition) is 1. The van der Waals surface area contributed by atoms with Crippen molar-refractivity contribution in [2.24, 2.45) is 0 Å². The lowest BCUT2D eigenvalue weighted by molar-refractivity contribution is 0.102. The Bertz CT molecular complexity index is 967. The van der Waals surface area contributed by atoms with Crippen LogP contribution in [-0.4, -0.2) is 15.7 Å². The van der Waals surface area contributed by atoms with E-state index in [9.17, 15) is 22.4 Å². The summed E-state index contributed by atoms with van der Waals surface area (Å²) in [4.78, 5) is 12.1. The van der Waals surface area contributed by atoms with Gasteiger partial charge in [-0.15, -0.1) is 0 Å². The smallest absolute Gasteiger partial charge is 0.255 e. The van der Waals surface area contributed by atoms with Gasteiger partial charge in [0.2, 0.25) is 0 Å². The molecule has 0 atom stereocenters. The van der Waals surface area contributed by atoms with Crippen LogP contribution in [0.15, 0.2) is 42.7 Å². The summed E-state index contributed by atoms with van der Waals surface area (Å²) in [5, 5.41) is 6.45. The highest BCUT2D eigenvalue weighted by Gasteiger charge is 2.19. The molecule has 4 nitrogen and oxygen atoms in total. The van der Waals surface area contributed by atoms with Crippen molar-refractivity contribution >= 4 is 11.6 Å². The van der Waals surface area contributed by atoms with Gasteiger partial charge in [0.05, 0.1) is 18.4 Å². The second kappa shape index (κ2) is 6.99. The van der Waals surface area contributed by atoms with Gasteiger partial charge >= 0.3 is 0 Å². The van der Waals surface area contributed by atoms with Gasteiger partial charge < -0.3 is 5.32 Å². The minimum absolute atomic E-state index is 0.275. The molecular weight excluding hydrogens is 350 g/mol. The molecule has 2 aromatic carbocycles. The van der Waals surface area contributed by atoms with Crippen molar-refractivity contribution in [2.45, 2.75) is 13.5 Å². The predicted octanol–water partition coefficient (Wildman–Crippen LogP) is 4.05. The molecule has 0 unspecified atom stereocenters. The largest absolute Gasteiger partial charge is 0.319 e. The van der Waals surface area contributed by atoms with Gasteiger partial charge in [-0.25, -0.2) is 17.6 Å². The highest BCUT2D eigenvalue weighted by molar-refractivity contribution is 6.04. The third-order valence-corrected chi connectivity index (χ3v) is 3.73. The molecule has 3 rings (SSSR count). The summed E-state index contributed by atoms with van der Waals surface area (Å²) in [6.07, 6.45) is 2.61. The number of carbonyl (C=O) groups excluding carboxylic acids is 1. The predicted molar refractivity (Wildman–Crippen MR) is 86.7 cm³/mol. The molecule has 0 aliphatic heterocycles. The van der Waals surface area contributed by atoms with E-state index in [0.717, 1.165) is 10.2 Å². The van der Waals surface area contributed by atoms with Crippen LogP contribution in [0, 0.1) is 30.2 Å². The Balaban J connectivity index is 1.76. The molecule has 0 fully saturated rings. The molecule has 0 saturated heterocycles. The topological polar surface area (TPSA) is 46.9 Å². The molecule has 134 valence electrons. The third-order valence-electron chi connectivity index (χ3n) is 3.73. The fourth-order valence-corrected chi connectivity index (χ4v) is 2.33. The zero-order valence-electron chi connectivity index (χ0n) is 13.6. The molecule has 0 aliphatic rings. The maximum atomic E-state index is 13.7. The number of nitrogens with zero attached hydrogens (tertiary/aromatic N) is 2. The van der Waals surface area contributed by atoms with Crippen molar-refractivity contribution in [1.82, 2.24) is 9.78 Å². The van der Waals surface area contributed by atoms with E-state index in [1.807, 2.05) is 6.92 Å². The average molecular weight is 363 g/mol. The molecule has 0 bridgehead atoms. The van der Waals surface area contributed by atoms with Gasteiger partial charge in [0.25, 0.3) is 5.91 Å². The lowest BCUT2D eigenvalue weighted by Crippen LogP contribution is -2.11. The van der Waals surface area contributed by atoms with E-state index in [2.05, 4.69) is 10.4 Å². The molecule has 1 N–H and O–H groups in total. The highest BCUT2D eigenvalue weighted by atomic mass is 19.2. The van der Waals surface area contributed by atoms with E-state index in [1.54, 1.807) is 24.3 Å². The van der Waals surface area contributed by atoms with Gasteiger partial charge in [0.15, 0.2) is 17.5 Å². The van der Waals surface area contributed by atoms with Gasteiger partial charge in [-0.1, -0.05) is 17.7 Å². The van der Waals surface area contributed by atoms with E-state index in [4.69, 9.17) is 0 Å². The van der Waals surface area contributed by atoms with Crippen molar-refractivity contribution in [3.8, 4) is 0 Å². The second-order valence-electron chi connectivity index (χ2n) is 5.69. The molecular formula is C18H13F4N3O. The first kappa shape index (κ1) is 17.7. The number of aromatic nitrogens is 2. The van der Waals surface area contributed by atoms with E-state index in [0.29, 0.717) is 11.3 Å². The summed E-state index contributed by atoms with van der Waals surface area (Å²) < 4.78 is 54.7. The zero-order chi connectivity index (χ0) is 18.8. The summed E-state index contributed by atoms with van der Waals surface area (Å²) >= 11 is 0. The first-order valence-electron chi connectivity index (χ1n) is 7.57. The lowest BCUT2D eigenvalue weighted by atomic mass is 10.1. The van der Waals surface area contributed by atoms with Crippen molar-refractivity contribution in [3.05, 3.63) is 82.7 Å². The number of rotatable bonds is 4. The molecule has 26 heavy (non-hydrogen) atoms. The summed E-state index contributed by atoms with van der Waals surface area (Å²) in [6.45, 7) is 1.43.